The van der Waals surface area contributed by atoms with Gasteiger partial charge in [0.2, 0.25) is 0 Å². The molecule has 2 rings (SSSR count). The largest absolute Gasteiger partial charge is 0.487 e. The van der Waals surface area contributed by atoms with Crippen LogP contribution in [0.3, 0.4) is 0 Å². The van der Waals surface area contributed by atoms with Crippen LogP contribution in [-0.4, -0.2) is 11.6 Å². The summed E-state index contributed by atoms with van der Waals surface area (Å²) in [6.07, 6.45) is 8.41. The molecule has 110 valence electrons. The van der Waals surface area contributed by atoms with E-state index in [1.807, 2.05) is 18.2 Å². The van der Waals surface area contributed by atoms with Crippen molar-refractivity contribution in [2.45, 2.75) is 33.6 Å². The third-order valence-electron chi connectivity index (χ3n) is 3.36. The first-order valence-corrected chi connectivity index (χ1v) is 7.42. The second-order valence-corrected chi connectivity index (χ2v) is 5.51. The molecule has 1 aromatic carbocycles. The SMILES string of the molecule is CC(C)=CCC/C(C)=C/COc1cccc2cccnc12. The lowest BCUT2D eigenvalue weighted by Gasteiger charge is -2.07. The Labute approximate surface area is 127 Å². The van der Waals surface area contributed by atoms with Crippen LogP contribution >= 0.6 is 0 Å². The van der Waals surface area contributed by atoms with E-state index in [2.05, 4.69) is 50.0 Å². The lowest BCUT2D eigenvalue weighted by molar-refractivity contribution is 0.365. The van der Waals surface area contributed by atoms with Crippen LogP contribution in [0.5, 0.6) is 5.75 Å². The van der Waals surface area contributed by atoms with Gasteiger partial charge in [-0.25, -0.2) is 0 Å². The molecule has 0 spiro atoms. The monoisotopic (exact) mass is 281 g/mol. The number of allylic oxidation sites excluding steroid dienone is 3. The van der Waals surface area contributed by atoms with Gasteiger partial charge in [-0.15, -0.1) is 0 Å². The maximum Gasteiger partial charge on any atom is 0.145 e. The first-order chi connectivity index (χ1) is 10.2. The van der Waals surface area contributed by atoms with Gasteiger partial charge in [0, 0.05) is 11.6 Å². The molecule has 0 unspecified atom stereocenters. The van der Waals surface area contributed by atoms with Crippen molar-refractivity contribution in [1.82, 2.24) is 4.98 Å². The van der Waals surface area contributed by atoms with Gasteiger partial charge in [-0.05, 0) is 51.8 Å². The molecule has 0 aliphatic rings. The summed E-state index contributed by atoms with van der Waals surface area (Å²) in [4.78, 5) is 4.39. The summed E-state index contributed by atoms with van der Waals surface area (Å²) >= 11 is 0. The standard InChI is InChI=1S/C19H23NO/c1-15(2)7-4-8-16(3)12-14-21-18-11-5-9-17-10-6-13-20-19(17)18/h5-7,9-13H,4,8,14H2,1-3H3/b16-12+. The highest BCUT2D eigenvalue weighted by Gasteiger charge is 2.01. The highest BCUT2D eigenvalue weighted by molar-refractivity contribution is 5.84. The van der Waals surface area contributed by atoms with E-state index in [-0.39, 0.29) is 0 Å². The summed E-state index contributed by atoms with van der Waals surface area (Å²) in [5.74, 6) is 0.849. The van der Waals surface area contributed by atoms with Crippen LogP contribution in [0.25, 0.3) is 10.9 Å². The molecule has 0 atom stereocenters. The minimum Gasteiger partial charge on any atom is -0.487 e. The third kappa shape index (κ3) is 4.75. The van der Waals surface area contributed by atoms with Crippen LogP contribution in [0, 0.1) is 0 Å². The summed E-state index contributed by atoms with van der Waals surface area (Å²) in [5, 5.41) is 1.11. The number of pyridine rings is 1. The molecule has 2 heteroatoms. The van der Waals surface area contributed by atoms with Crippen molar-refractivity contribution >= 4 is 10.9 Å². The lowest BCUT2D eigenvalue weighted by Crippen LogP contribution is -1.96. The van der Waals surface area contributed by atoms with E-state index in [1.165, 1.54) is 11.1 Å². The minimum absolute atomic E-state index is 0.594. The molecule has 0 bridgehead atoms. The molecule has 1 aromatic heterocycles. The van der Waals surface area contributed by atoms with Crippen LogP contribution < -0.4 is 4.74 Å². The maximum absolute atomic E-state index is 5.86. The zero-order valence-electron chi connectivity index (χ0n) is 13.1. The lowest BCUT2D eigenvalue weighted by atomic mass is 10.1. The molecule has 0 aliphatic heterocycles. The molecule has 0 amide bonds. The van der Waals surface area contributed by atoms with Gasteiger partial charge in [0.05, 0.1) is 0 Å². The molecule has 1 heterocycles. The van der Waals surface area contributed by atoms with Gasteiger partial charge in [0.1, 0.15) is 17.9 Å². The smallest absolute Gasteiger partial charge is 0.145 e. The van der Waals surface area contributed by atoms with Crippen molar-refractivity contribution in [3.05, 3.63) is 59.8 Å². The molecule has 0 saturated carbocycles. The topological polar surface area (TPSA) is 22.1 Å². The van der Waals surface area contributed by atoms with E-state index >= 15 is 0 Å². The Kier molecular flexibility index (Phi) is 5.56. The van der Waals surface area contributed by atoms with E-state index in [0.717, 1.165) is 29.5 Å². The van der Waals surface area contributed by atoms with Crippen LogP contribution in [0.1, 0.15) is 33.6 Å². The number of benzene rings is 1. The van der Waals surface area contributed by atoms with Gasteiger partial charge in [0.25, 0.3) is 0 Å². The van der Waals surface area contributed by atoms with Crippen molar-refractivity contribution in [2.75, 3.05) is 6.61 Å². The molecule has 21 heavy (non-hydrogen) atoms. The zero-order chi connectivity index (χ0) is 15.1. The Morgan fingerprint density at radius 3 is 2.71 bits per heavy atom. The van der Waals surface area contributed by atoms with Gasteiger partial charge >= 0.3 is 0 Å². The van der Waals surface area contributed by atoms with Gasteiger partial charge in [-0.1, -0.05) is 35.4 Å². The molecule has 0 aliphatic carbocycles. The van der Waals surface area contributed by atoms with E-state index in [0.29, 0.717) is 6.61 Å². The Hall–Kier alpha value is -2.09. The molecule has 0 N–H and O–H groups in total. The number of fused-ring (bicyclic) bond motifs is 1. The average molecular weight is 281 g/mol. The fourth-order valence-corrected chi connectivity index (χ4v) is 2.16. The Bertz CT molecular complexity index is 646. The minimum atomic E-state index is 0.594. The second-order valence-electron chi connectivity index (χ2n) is 5.51. The van der Waals surface area contributed by atoms with Gasteiger partial charge in [-0.3, -0.25) is 4.98 Å². The van der Waals surface area contributed by atoms with Crippen molar-refractivity contribution < 1.29 is 4.74 Å². The Morgan fingerprint density at radius 1 is 1.10 bits per heavy atom. The fraction of sp³-hybridized carbons (Fsp3) is 0.316. The first-order valence-electron chi connectivity index (χ1n) is 7.42. The van der Waals surface area contributed by atoms with Crippen LogP contribution in [0.15, 0.2) is 59.8 Å². The Morgan fingerprint density at radius 2 is 1.90 bits per heavy atom. The van der Waals surface area contributed by atoms with Gasteiger partial charge in [0.15, 0.2) is 0 Å². The van der Waals surface area contributed by atoms with E-state index < -0.39 is 0 Å². The normalized spacial score (nSPS) is 11.5. The quantitative estimate of drug-likeness (QED) is 0.670. The summed E-state index contributed by atoms with van der Waals surface area (Å²) in [5.41, 5.74) is 3.66. The molecular formula is C19H23NO. The summed E-state index contributed by atoms with van der Waals surface area (Å²) in [6.45, 7) is 7.02. The van der Waals surface area contributed by atoms with Gasteiger partial charge in [-0.2, -0.15) is 0 Å². The molecule has 2 aromatic rings. The number of hydrogen-bond acceptors (Lipinski definition) is 2. The van der Waals surface area contributed by atoms with Crippen molar-refractivity contribution in [3.8, 4) is 5.75 Å². The van der Waals surface area contributed by atoms with Crippen LogP contribution in [-0.2, 0) is 0 Å². The average Bonchev–Trinajstić information content (AvgIpc) is 2.47. The van der Waals surface area contributed by atoms with Crippen LogP contribution in [0.4, 0.5) is 0 Å². The van der Waals surface area contributed by atoms with Crippen LogP contribution in [0.2, 0.25) is 0 Å². The fourth-order valence-electron chi connectivity index (χ4n) is 2.16. The number of aromatic nitrogens is 1. The molecular weight excluding hydrogens is 258 g/mol. The van der Waals surface area contributed by atoms with Gasteiger partial charge < -0.3 is 4.74 Å². The molecule has 0 radical (unpaired) electrons. The summed E-state index contributed by atoms with van der Waals surface area (Å²) < 4.78 is 5.86. The van der Waals surface area contributed by atoms with E-state index in [4.69, 9.17) is 4.74 Å². The summed E-state index contributed by atoms with van der Waals surface area (Å²) in [6, 6.07) is 10.0. The molecule has 0 fully saturated rings. The number of hydrogen-bond donors (Lipinski definition) is 0. The number of para-hydroxylation sites is 1. The van der Waals surface area contributed by atoms with E-state index in [9.17, 15) is 0 Å². The highest BCUT2D eigenvalue weighted by atomic mass is 16.5. The first kappa shape index (κ1) is 15.3. The number of nitrogens with zero attached hydrogens (tertiary/aromatic N) is 1. The highest BCUT2D eigenvalue weighted by Crippen LogP contribution is 2.22. The predicted octanol–water partition coefficient (Wildman–Crippen LogP) is 5.31. The zero-order valence-corrected chi connectivity index (χ0v) is 13.1. The molecule has 0 saturated heterocycles. The van der Waals surface area contributed by atoms with Crippen molar-refractivity contribution in [2.24, 2.45) is 0 Å². The van der Waals surface area contributed by atoms with Crippen molar-refractivity contribution in [3.63, 3.8) is 0 Å². The summed E-state index contributed by atoms with van der Waals surface area (Å²) in [7, 11) is 0. The second kappa shape index (κ2) is 7.63. The number of rotatable bonds is 6. The molecule has 2 nitrogen and oxygen atoms in total. The van der Waals surface area contributed by atoms with E-state index in [1.54, 1.807) is 6.20 Å². The van der Waals surface area contributed by atoms with Crippen molar-refractivity contribution in [1.29, 1.82) is 0 Å². The third-order valence-corrected chi connectivity index (χ3v) is 3.36. The predicted molar refractivity (Wildman–Crippen MR) is 89.7 cm³/mol. The maximum atomic E-state index is 5.86. The Balaban J connectivity index is 1.94. The number of ether oxygens (including phenoxy) is 1.